The van der Waals surface area contributed by atoms with Crippen LogP contribution in [0.1, 0.15) is 37.6 Å². The number of rotatable bonds is 5. The molecule has 4 heteroatoms. The zero-order valence-electron chi connectivity index (χ0n) is 12.1. The molecule has 106 valence electrons. The Labute approximate surface area is 118 Å². The first-order chi connectivity index (χ1) is 9.46. The van der Waals surface area contributed by atoms with Gasteiger partial charge in [-0.1, -0.05) is 19.1 Å². The van der Waals surface area contributed by atoms with Gasteiger partial charge in [0.2, 0.25) is 5.91 Å². The number of carbonyl (C=O) groups is 2. The van der Waals surface area contributed by atoms with Crippen molar-refractivity contribution in [2.24, 2.45) is 0 Å². The summed E-state index contributed by atoms with van der Waals surface area (Å²) in [5.74, 6) is -0.0462. The molecule has 0 bridgehead atoms. The zero-order chi connectivity index (χ0) is 14.8. The number of aldehydes is 1. The summed E-state index contributed by atoms with van der Waals surface area (Å²) in [5, 5.41) is 3.97. The largest absolute Gasteiger partial charge is 0.350 e. The van der Waals surface area contributed by atoms with Crippen molar-refractivity contribution in [1.29, 1.82) is 0 Å². The molecule has 0 unspecified atom stereocenters. The Morgan fingerprint density at radius 3 is 2.75 bits per heavy atom. The highest BCUT2D eigenvalue weighted by molar-refractivity contribution is 5.97. The number of aromatic nitrogens is 1. The van der Waals surface area contributed by atoms with Crippen LogP contribution in [-0.2, 0) is 11.3 Å². The van der Waals surface area contributed by atoms with Gasteiger partial charge in [0, 0.05) is 22.7 Å². The predicted octanol–water partition coefficient (Wildman–Crippen LogP) is 2.76. The van der Waals surface area contributed by atoms with Crippen LogP contribution in [0.4, 0.5) is 0 Å². The second-order valence-electron chi connectivity index (χ2n) is 5.63. The molecular formula is C16H20N2O2. The summed E-state index contributed by atoms with van der Waals surface area (Å²) in [6.45, 7) is 6.25. The van der Waals surface area contributed by atoms with Crippen LogP contribution in [0.15, 0.2) is 30.5 Å². The molecular weight excluding hydrogens is 252 g/mol. The highest BCUT2D eigenvalue weighted by Gasteiger charge is 2.18. The Kier molecular flexibility index (Phi) is 3.93. The van der Waals surface area contributed by atoms with Gasteiger partial charge in [0.25, 0.3) is 0 Å². The molecule has 0 saturated heterocycles. The zero-order valence-corrected chi connectivity index (χ0v) is 12.1. The SMILES string of the molecule is CCC(C)(C)NC(=O)Cn1ccc2cccc(C=O)c21. The van der Waals surface area contributed by atoms with E-state index < -0.39 is 0 Å². The summed E-state index contributed by atoms with van der Waals surface area (Å²) in [6, 6.07) is 7.46. The first-order valence-electron chi connectivity index (χ1n) is 6.81. The molecule has 2 aromatic rings. The van der Waals surface area contributed by atoms with Crippen LogP contribution in [0.2, 0.25) is 0 Å². The van der Waals surface area contributed by atoms with E-state index in [0.717, 1.165) is 23.6 Å². The molecule has 0 radical (unpaired) electrons. The first-order valence-corrected chi connectivity index (χ1v) is 6.81. The predicted molar refractivity (Wildman–Crippen MR) is 79.8 cm³/mol. The van der Waals surface area contributed by atoms with E-state index >= 15 is 0 Å². The number of nitrogens with zero attached hydrogens (tertiary/aromatic N) is 1. The van der Waals surface area contributed by atoms with Crippen LogP contribution in [0, 0.1) is 0 Å². The van der Waals surface area contributed by atoms with Crippen molar-refractivity contribution in [2.45, 2.75) is 39.3 Å². The number of carbonyl (C=O) groups excluding carboxylic acids is 2. The van der Waals surface area contributed by atoms with Gasteiger partial charge in [-0.3, -0.25) is 9.59 Å². The Morgan fingerprint density at radius 2 is 2.10 bits per heavy atom. The molecule has 20 heavy (non-hydrogen) atoms. The maximum Gasteiger partial charge on any atom is 0.240 e. The fourth-order valence-corrected chi connectivity index (χ4v) is 2.18. The van der Waals surface area contributed by atoms with Crippen LogP contribution in [-0.4, -0.2) is 22.3 Å². The van der Waals surface area contributed by atoms with E-state index in [-0.39, 0.29) is 18.0 Å². The lowest BCUT2D eigenvalue weighted by atomic mass is 10.0. The van der Waals surface area contributed by atoms with Gasteiger partial charge >= 0.3 is 0 Å². The molecule has 4 nitrogen and oxygen atoms in total. The summed E-state index contributed by atoms with van der Waals surface area (Å²) in [5.41, 5.74) is 1.20. The Morgan fingerprint density at radius 1 is 1.35 bits per heavy atom. The van der Waals surface area contributed by atoms with Crippen LogP contribution in [0.25, 0.3) is 10.9 Å². The van der Waals surface area contributed by atoms with Crippen molar-refractivity contribution in [3.8, 4) is 0 Å². The van der Waals surface area contributed by atoms with Crippen LogP contribution >= 0.6 is 0 Å². The van der Waals surface area contributed by atoms with E-state index in [9.17, 15) is 9.59 Å². The number of hydrogen-bond acceptors (Lipinski definition) is 2. The van der Waals surface area contributed by atoms with Crippen LogP contribution in [0.5, 0.6) is 0 Å². The fourth-order valence-electron chi connectivity index (χ4n) is 2.18. The average molecular weight is 272 g/mol. The third-order valence-corrected chi connectivity index (χ3v) is 3.62. The summed E-state index contributed by atoms with van der Waals surface area (Å²) < 4.78 is 1.82. The van der Waals surface area contributed by atoms with Crippen LogP contribution < -0.4 is 5.32 Å². The van der Waals surface area contributed by atoms with E-state index in [2.05, 4.69) is 5.32 Å². The molecule has 0 spiro atoms. The molecule has 0 aliphatic rings. The molecule has 1 N–H and O–H groups in total. The maximum absolute atomic E-state index is 12.1. The summed E-state index contributed by atoms with van der Waals surface area (Å²) in [6.07, 6.45) is 3.54. The van der Waals surface area contributed by atoms with Crippen LogP contribution in [0.3, 0.4) is 0 Å². The van der Waals surface area contributed by atoms with E-state index in [1.54, 1.807) is 6.07 Å². The number of nitrogens with one attached hydrogen (secondary N) is 1. The molecule has 0 aliphatic heterocycles. The molecule has 1 aromatic heterocycles. The second kappa shape index (κ2) is 5.49. The standard InChI is InChI=1S/C16H20N2O2/c1-4-16(2,3)17-14(20)10-18-9-8-12-6-5-7-13(11-19)15(12)18/h5-9,11H,4,10H2,1-3H3,(H,17,20). The fraction of sp³-hybridized carbons (Fsp3) is 0.375. The lowest BCUT2D eigenvalue weighted by Crippen LogP contribution is -2.44. The van der Waals surface area contributed by atoms with Gasteiger partial charge in [0.15, 0.2) is 6.29 Å². The molecule has 0 fully saturated rings. The monoisotopic (exact) mass is 272 g/mol. The van der Waals surface area contributed by atoms with Crippen molar-refractivity contribution < 1.29 is 9.59 Å². The minimum Gasteiger partial charge on any atom is -0.350 e. The number of hydrogen-bond donors (Lipinski definition) is 1. The number of benzene rings is 1. The van der Waals surface area contributed by atoms with Gasteiger partial charge in [-0.05, 0) is 32.4 Å². The summed E-state index contributed by atoms with van der Waals surface area (Å²) in [4.78, 5) is 23.2. The second-order valence-corrected chi connectivity index (χ2v) is 5.63. The first kappa shape index (κ1) is 14.3. The third kappa shape index (κ3) is 2.90. The van der Waals surface area contributed by atoms with E-state index in [1.165, 1.54) is 0 Å². The average Bonchev–Trinajstić information content (AvgIpc) is 2.81. The molecule has 0 aliphatic carbocycles. The number of fused-ring (bicyclic) bond motifs is 1. The van der Waals surface area contributed by atoms with Gasteiger partial charge in [-0.2, -0.15) is 0 Å². The highest BCUT2D eigenvalue weighted by Crippen LogP contribution is 2.19. The van der Waals surface area contributed by atoms with Gasteiger partial charge in [0.1, 0.15) is 6.54 Å². The Bertz CT molecular complexity index is 641. The van der Waals surface area contributed by atoms with Crippen molar-refractivity contribution in [3.63, 3.8) is 0 Å². The smallest absolute Gasteiger partial charge is 0.240 e. The normalized spacial score (nSPS) is 11.6. The third-order valence-electron chi connectivity index (χ3n) is 3.62. The van der Waals surface area contributed by atoms with E-state index in [4.69, 9.17) is 0 Å². The summed E-state index contributed by atoms with van der Waals surface area (Å²) in [7, 11) is 0. The van der Waals surface area contributed by atoms with Crippen molar-refractivity contribution in [1.82, 2.24) is 9.88 Å². The molecule has 0 saturated carbocycles. The Hall–Kier alpha value is -2.10. The topological polar surface area (TPSA) is 51.1 Å². The highest BCUT2D eigenvalue weighted by atomic mass is 16.2. The lowest BCUT2D eigenvalue weighted by molar-refractivity contribution is -0.123. The van der Waals surface area contributed by atoms with E-state index in [0.29, 0.717) is 5.56 Å². The minimum atomic E-state index is -0.215. The Balaban J connectivity index is 2.26. The maximum atomic E-state index is 12.1. The molecule has 0 atom stereocenters. The number of amides is 1. The van der Waals surface area contributed by atoms with Crippen molar-refractivity contribution >= 4 is 23.1 Å². The van der Waals surface area contributed by atoms with E-state index in [1.807, 2.05) is 49.7 Å². The van der Waals surface area contributed by atoms with Gasteiger partial charge in [-0.15, -0.1) is 0 Å². The van der Waals surface area contributed by atoms with Crippen molar-refractivity contribution in [3.05, 3.63) is 36.0 Å². The summed E-state index contributed by atoms with van der Waals surface area (Å²) >= 11 is 0. The molecule has 2 rings (SSSR count). The minimum absolute atomic E-state index is 0.0462. The molecule has 1 amide bonds. The lowest BCUT2D eigenvalue weighted by Gasteiger charge is -2.24. The van der Waals surface area contributed by atoms with Gasteiger partial charge in [0.05, 0.1) is 5.52 Å². The quantitative estimate of drug-likeness (QED) is 0.851. The van der Waals surface area contributed by atoms with Crippen molar-refractivity contribution in [2.75, 3.05) is 0 Å². The molecule has 1 heterocycles. The van der Waals surface area contributed by atoms with Gasteiger partial charge < -0.3 is 9.88 Å². The number of para-hydroxylation sites is 1. The molecule has 1 aromatic carbocycles. The van der Waals surface area contributed by atoms with Gasteiger partial charge in [-0.25, -0.2) is 0 Å².